The van der Waals surface area contributed by atoms with E-state index in [-0.39, 0.29) is 11.3 Å². The van der Waals surface area contributed by atoms with Crippen molar-refractivity contribution in [2.24, 2.45) is 0 Å². The minimum atomic E-state index is -0.714. The molecule has 2 rings (SSSR count). The standard InChI is InChI=1S/C20H23N3O5/c1-3-23(4-2)16-9-5-14(6-10-16)19(26)22-21-18(25)13-28-20(27)15-7-11-17(24)12-8-15/h5-12,24H,3-4,13H2,1-2H3,(H,21,25)(H,22,26). The number of hydrogen-bond acceptors (Lipinski definition) is 6. The van der Waals surface area contributed by atoms with E-state index in [2.05, 4.69) is 15.8 Å². The first-order valence-corrected chi connectivity index (χ1v) is 8.85. The van der Waals surface area contributed by atoms with Crippen molar-refractivity contribution in [3.8, 4) is 5.75 Å². The van der Waals surface area contributed by atoms with Crippen molar-refractivity contribution in [1.29, 1.82) is 0 Å². The van der Waals surface area contributed by atoms with Crippen molar-refractivity contribution in [2.75, 3.05) is 24.6 Å². The van der Waals surface area contributed by atoms with Gasteiger partial charge in [0, 0.05) is 24.3 Å². The largest absolute Gasteiger partial charge is 0.508 e. The molecule has 0 fully saturated rings. The van der Waals surface area contributed by atoms with Crippen LogP contribution in [-0.2, 0) is 9.53 Å². The number of amides is 2. The second-order valence-corrected chi connectivity index (χ2v) is 5.84. The Morgan fingerprint density at radius 2 is 1.46 bits per heavy atom. The summed E-state index contributed by atoms with van der Waals surface area (Å²) in [6.45, 7) is 5.27. The maximum absolute atomic E-state index is 12.1. The lowest BCUT2D eigenvalue weighted by Crippen LogP contribution is -2.43. The number of phenols is 1. The van der Waals surface area contributed by atoms with Crippen LogP contribution in [0.5, 0.6) is 5.75 Å². The van der Waals surface area contributed by atoms with Crippen LogP contribution in [0.15, 0.2) is 48.5 Å². The van der Waals surface area contributed by atoms with Gasteiger partial charge in [-0.05, 0) is 62.4 Å². The Morgan fingerprint density at radius 1 is 0.893 bits per heavy atom. The summed E-state index contributed by atoms with van der Waals surface area (Å²) in [4.78, 5) is 37.8. The fourth-order valence-electron chi connectivity index (χ4n) is 2.46. The first kappa shape index (κ1) is 20.8. The van der Waals surface area contributed by atoms with E-state index >= 15 is 0 Å². The topological polar surface area (TPSA) is 108 Å². The first-order chi connectivity index (χ1) is 13.4. The fraction of sp³-hybridized carbons (Fsp3) is 0.250. The highest BCUT2D eigenvalue weighted by atomic mass is 16.5. The Balaban J connectivity index is 1.79. The van der Waals surface area contributed by atoms with Gasteiger partial charge in [-0.1, -0.05) is 0 Å². The van der Waals surface area contributed by atoms with Crippen molar-refractivity contribution in [2.45, 2.75) is 13.8 Å². The van der Waals surface area contributed by atoms with Crippen LogP contribution < -0.4 is 15.8 Å². The smallest absolute Gasteiger partial charge is 0.338 e. The van der Waals surface area contributed by atoms with Crippen LogP contribution in [0, 0.1) is 0 Å². The van der Waals surface area contributed by atoms with Gasteiger partial charge in [0.2, 0.25) is 0 Å². The summed E-state index contributed by atoms with van der Waals surface area (Å²) in [6.07, 6.45) is 0. The predicted octanol–water partition coefficient (Wildman–Crippen LogP) is 1.86. The second kappa shape index (κ2) is 9.96. The number of rotatable bonds is 7. The van der Waals surface area contributed by atoms with E-state index in [1.54, 1.807) is 12.1 Å². The molecule has 8 nitrogen and oxygen atoms in total. The average molecular weight is 385 g/mol. The van der Waals surface area contributed by atoms with Gasteiger partial charge in [0.15, 0.2) is 6.61 Å². The monoisotopic (exact) mass is 385 g/mol. The molecule has 0 aliphatic rings. The van der Waals surface area contributed by atoms with Gasteiger partial charge < -0.3 is 14.7 Å². The Bertz CT molecular complexity index is 815. The number of benzene rings is 2. The summed E-state index contributed by atoms with van der Waals surface area (Å²) < 4.78 is 4.85. The van der Waals surface area contributed by atoms with E-state index in [9.17, 15) is 19.5 Å². The van der Waals surface area contributed by atoms with Crippen LogP contribution in [0.25, 0.3) is 0 Å². The number of nitrogens with zero attached hydrogens (tertiary/aromatic N) is 1. The van der Waals surface area contributed by atoms with Gasteiger partial charge in [0.1, 0.15) is 5.75 Å². The van der Waals surface area contributed by atoms with E-state index < -0.39 is 24.4 Å². The van der Waals surface area contributed by atoms with Crippen molar-refractivity contribution >= 4 is 23.5 Å². The van der Waals surface area contributed by atoms with Crippen LogP contribution in [-0.4, -0.2) is 42.6 Å². The molecule has 0 saturated heterocycles. The van der Waals surface area contributed by atoms with E-state index in [1.165, 1.54) is 24.3 Å². The van der Waals surface area contributed by atoms with Crippen LogP contribution >= 0.6 is 0 Å². The summed E-state index contributed by atoms with van der Waals surface area (Å²) in [7, 11) is 0. The van der Waals surface area contributed by atoms with Crippen molar-refractivity contribution in [3.05, 3.63) is 59.7 Å². The third kappa shape index (κ3) is 5.73. The highest BCUT2D eigenvalue weighted by Crippen LogP contribution is 2.14. The molecule has 0 heterocycles. The van der Waals surface area contributed by atoms with Gasteiger partial charge in [-0.25, -0.2) is 4.79 Å². The number of ether oxygens (including phenoxy) is 1. The zero-order valence-corrected chi connectivity index (χ0v) is 15.8. The maximum Gasteiger partial charge on any atom is 0.338 e. The Morgan fingerprint density at radius 3 is 2.04 bits per heavy atom. The summed E-state index contributed by atoms with van der Waals surface area (Å²) in [6, 6.07) is 12.4. The molecule has 8 heteroatoms. The second-order valence-electron chi connectivity index (χ2n) is 5.84. The maximum atomic E-state index is 12.1. The van der Waals surface area contributed by atoms with E-state index in [1.807, 2.05) is 26.0 Å². The molecule has 28 heavy (non-hydrogen) atoms. The molecule has 0 aliphatic heterocycles. The van der Waals surface area contributed by atoms with Gasteiger partial charge in [0.25, 0.3) is 11.8 Å². The number of esters is 1. The lowest BCUT2D eigenvalue weighted by atomic mass is 10.2. The number of phenolic OH excluding ortho intramolecular Hbond substituents is 1. The highest BCUT2D eigenvalue weighted by Gasteiger charge is 2.12. The minimum absolute atomic E-state index is 0.0159. The number of carbonyl (C=O) groups excluding carboxylic acids is 3. The molecule has 0 aromatic heterocycles. The lowest BCUT2D eigenvalue weighted by molar-refractivity contribution is -0.125. The van der Waals surface area contributed by atoms with Gasteiger partial charge >= 0.3 is 5.97 Å². The molecular weight excluding hydrogens is 362 g/mol. The van der Waals surface area contributed by atoms with Crippen LogP contribution in [0.3, 0.4) is 0 Å². The fourth-order valence-corrected chi connectivity index (χ4v) is 2.46. The molecule has 3 N–H and O–H groups in total. The summed E-state index contributed by atoms with van der Waals surface area (Å²) >= 11 is 0. The lowest BCUT2D eigenvalue weighted by Gasteiger charge is -2.21. The Labute approximate surface area is 163 Å². The van der Waals surface area contributed by atoms with E-state index in [0.29, 0.717) is 5.56 Å². The highest BCUT2D eigenvalue weighted by molar-refractivity contribution is 5.96. The molecule has 0 aliphatic carbocycles. The number of aromatic hydroxyl groups is 1. The van der Waals surface area contributed by atoms with Gasteiger partial charge in [-0.3, -0.25) is 20.4 Å². The third-order valence-corrected chi connectivity index (χ3v) is 4.01. The molecule has 2 amide bonds. The molecule has 0 bridgehead atoms. The predicted molar refractivity (Wildman–Crippen MR) is 104 cm³/mol. The number of hydrazine groups is 1. The van der Waals surface area contributed by atoms with Crippen LogP contribution in [0.2, 0.25) is 0 Å². The summed E-state index contributed by atoms with van der Waals surface area (Å²) in [5.41, 5.74) is 6.05. The molecular formula is C20H23N3O5. The molecule has 0 spiro atoms. The Hall–Kier alpha value is -3.55. The number of hydrogen-bond donors (Lipinski definition) is 3. The minimum Gasteiger partial charge on any atom is -0.508 e. The molecule has 0 atom stereocenters. The normalized spacial score (nSPS) is 10.1. The van der Waals surface area contributed by atoms with Crippen molar-refractivity contribution in [3.63, 3.8) is 0 Å². The molecule has 0 saturated carbocycles. The van der Waals surface area contributed by atoms with Crippen LogP contribution in [0.1, 0.15) is 34.6 Å². The third-order valence-electron chi connectivity index (χ3n) is 4.01. The Kier molecular flexibility index (Phi) is 7.38. The van der Waals surface area contributed by atoms with Gasteiger partial charge in [0.05, 0.1) is 5.56 Å². The zero-order chi connectivity index (χ0) is 20.5. The molecule has 2 aromatic carbocycles. The molecule has 148 valence electrons. The SMILES string of the molecule is CCN(CC)c1ccc(C(=O)NNC(=O)COC(=O)c2ccc(O)cc2)cc1. The average Bonchev–Trinajstić information content (AvgIpc) is 2.72. The van der Waals surface area contributed by atoms with Gasteiger partial charge in [-0.2, -0.15) is 0 Å². The van der Waals surface area contributed by atoms with E-state index in [0.717, 1.165) is 18.8 Å². The molecule has 0 radical (unpaired) electrons. The van der Waals surface area contributed by atoms with Gasteiger partial charge in [-0.15, -0.1) is 0 Å². The number of nitrogens with one attached hydrogen (secondary N) is 2. The summed E-state index contributed by atoms with van der Waals surface area (Å²) in [5, 5.41) is 9.18. The van der Waals surface area contributed by atoms with Crippen molar-refractivity contribution in [1.82, 2.24) is 10.9 Å². The quantitative estimate of drug-likeness (QED) is 0.496. The molecule has 0 unspecified atom stereocenters. The number of carbonyl (C=O) groups is 3. The zero-order valence-electron chi connectivity index (χ0n) is 15.8. The van der Waals surface area contributed by atoms with E-state index in [4.69, 9.17) is 4.74 Å². The van der Waals surface area contributed by atoms with Crippen LogP contribution in [0.4, 0.5) is 5.69 Å². The first-order valence-electron chi connectivity index (χ1n) is 8.85. The summed E-state index contributed by atoms with van der Waals surface area (Å²) in [5.74, 6) is -1.86. The van der Waals surface area contributed by atoms with Crippen molar-refractivity contribution < 1.29 is 24.2 Å². The molecule has 2 aromatic rings. The number of anilines is 1.